The van der Waals surface area contributed by atoms with E-state index in [1.165, 1.54) is 5.56 Å². The van der Waals surface area contributed by atoms with E-state index in [0.29, 0.717) is 5.92 Å². The number of hydrogen-bond donors (Lipinski definition) is 2. The Bertz CT molecular complexity index is 335. The van der Waals surface area contributed by atoms with E-state index in [2.05, 4.69) is 24.5 Å². The quantitative estimate of drug-likeness (QED) is 0.789. The van der Waals surface area contributed by atoms with Crippen LogP contribution in [0.3, 0.4) is 0 Å². The van der Waals surface area contributed by atoms with Crippen molar-refractivity contribution in [2.45, 2.75) is 33.4 Å². The molecule has 0 spiro atoms. The number of hydrogen-bond acceptors (Lipinski definition) is 2. The predicted octanol–water partition coefficient (Wildman–Crippen LogP) is 1.94. The molecule has 1 unspecified atom stereocenters. The third-order valence-electron chi connectivity index (χ3n) is 2.53. The molecule has 0 saturated heterocycles. The van der Waals surface area contributed by atoms with E-state index in [-0.39, 0.29) is 11.9 Å². The van der Waals surface area contributed by atoms with E-state index in [4.69, 9.17) is 0 Å². The maximum absolute atomic E-state index is 11.7. The number of benzene rings is 1. The van der Waals surface area contributed by atoms with Crippen molar-refractivity contribution in [3.8, 4) is 0 Å². The molecule has 1 atom stereocenters. The fourth-order valence-corrected chi connectivity index (χ4v) is 1.42. The van der Waals surface area contributed by atoms with Crippen LogP contribution in [0.2, 0.25) is 0 Å². The summed E-state index contributed by atoms with van der Waals surface area (Å²) in [6.07, 6.45) is 0. The summed E-state index contributed by atoms with van der Waals surface area (Å²) in [5, 5.41) is 6.13. The van der Waals surface area contributed by atoms with Gasteiger partial charge in [0, 0.05) is 13.1 Å². The highest BCUT2D eigenvalue weighted by atomic mass is 16.2. The molecule has 0 heterocycles. The Hall–Kier alpha value is -1.35. The molecule has 1 aromatic rings. The second-order valence-electron chi connectivity index (χ2n) is 4.73. The van der Waals surface area contributed by atoms with Crippen LogP contribution in [0.15, 0.2) is 30.3 Å². The van der Waals surface area contributed by atoms with Crippen LogP contribution in [0.25, 0.3) is 0 Å². The molecule has 3 nitrogen and oxygen atoms in total. The average Bonchev–Trinajstić information content (AvgIpc) is 2.34. The summed E-state index contributed by atoms with van der Waals surface area (Å²) < 4.78 is 0. The second-order valence-corrected chi connectivity index (χ2v) is 4.73. The number of nitrogens with one attached hydrogen (secondary N) is 2. The highest BCUT2D eigenvalue weighted by Crippen LogP contribution is 1.98. The van der Waals surface area contributed by atoms with Crippen LogP contribution < -0.4 is 10.6 Å². The Balaban J connectivity index is 2.29. The predicted molar refractivity (Wildman–Crippen MR) is 70.6 cm³/mol. The van der Waals surface area contributed by atoms with Crippen LogP contribution in [0.5, 0.6) is 0 Å². The molecule has 1 rings (SSSR count). The normalized spacial score (nSPS) is 12.5. The monoisotopic (exact) mass is 234 g/mol. The van der Waals surface area contributed by atoms with Gasteiger partial charge < -0.3 is 10.6 Å². The van der Waals surface area contributed by atoms with E-state index in [1.54, 1.807) is 0 Å². The molecule has 94 valence electrons. The lowest BCUT2D eigenvalue weighted by Crippen LogP contribution is -2.42. The molecule has 0 saturated carbocycles. The minimum atomic E-state index is -0.158. The molecule has 0 bridgehead atoms. The molecule has 17 heavy (non-hydrogen) atoms. The van der Waals surface area contributed by atoms with Gasteiger partial charge in [0.15, 0.2) is 0 Å². The van der Waals surface area contributed by atoms with E-state index < -0.39 is 0 Å². The first-order valence-corrected chi connectivity index (χ1v) is 6.14. The van der Waals surface area contributed by atoms with Crippen LogP contribution >= 0.6 is 0 Å². The summed E-state index contributed by atoms with van der Waals surface area (Å²) in [4.78, 5) is 11.7. The van der Waals surface area contributed by atoms with Crippen LogP contribution in [0, 0.1) is 5.92 Å². The zero-order valence-corrected chi connectivity index (χ0v) is 10.9. The third-order valence-corrected chi connectivity index (χ3v) is 2.53. The smallest absolute Gasteiger partial charge is 0.236 e. The van der Waals surface area contributed by atoms with E-state index >= 15 is 0 Å². The molecule has 1 amide bonds. The minimum absolute atomic E-state index is 0.0645. The second kappa shape index (κ2) is 7.07. The van der Waals surface area contributed by atoms with Gasteiger partial charge in [-0.2, -0.15) is 0 Å². The summed E-state index contributed by atoms with van der Waals surface area (Å²) in [6, 6.07) is 9.93. The molecule has 3 heteroatoms. The molecule has 0 aliphatic heterocycles. The maximum atomic E-state index is 11.7. The van der Waals surface area contributed by atoms with E-state index in [0.717, 1.165) is 13.1 Å². The zero-order chi connectivity index (χ0) is 12.7. The first-order chi connectivity index (χ1) is 8.09. The van der Waals surface area contributed by atoms with Crippen molar-refractivity contribution in [3.05, 3.63) is 35.9 Å². The van der Waals surface area contributed by atoms with Gasteiger partial charge in [-0.05, 0) is 18.4 Å². The minimum Gasteiger partial charge on any atom is -0.354 e. The SMILES string of the molecule is CC(C)CNC(=O)C(C)NCc1ccccc1. The number of carbonyl (C=O) groups excluding carboxylic acids is 1. The lowest BCUT2D eigenvalue weighted by atomic mass is 10.2. The van der Waals surface area contributed by atoms with E-state index in [1.807, 2.05) is 37.3 Å². The molecule has 2 N–H and O–H groups in total. The molecule has 0 fully saturated rings. The summed E-state index contributed by atoms with van der Waals surface area (Å²) in [6.45, 7) is 7.51. The van der Waals surface area contributed by atoms with Crippen LogP contribution in [-0.4, -0.2) is 18.5 Å². The topological polar surface area (TPSA) is 41.1 Å². The third kappa shape index (κ3) is 5.50. The van der Waals surface area contributed by atoms with Crippen LogP contribution in [0.4, 0.5) is 0 Å². The maximum Gasteiger partial charge on any atom is 0.236 e. The van der Waals surface area contributed by atoms with Crippen molar-refractivity contribution in [2.24, 2.45) is 5.92 Å². The Morgan fingerprint density at radius 2 is 1.82 bits per heavy atom. The molecule has 0 aliphatic rings. The lowest BCUT2D eigenvalue weighted by Gasteiger charge is -2.15. The van der Waals surface area contributed by atoms with Crippen LogP contribution in [-0.2, 0) is 11.3 Å². The summed E-state index contributed by atoms with van der Waals surface area (Å²) in [5.41, 5.74) is 1.19. The molecular weight excluding hydrogens is 212 g/mol. The van der Waals surface area contributed by atoms with E-state index in [9.17, 15) is 4.79 Å². The number of rotatable bonds is 6. The Morgan fingerprint density at radius 1 is 1.18 bits per heavy atom. The van der Waals surface area contributed by atoms with Gasteiger partial charge in [0.25, 0.3) is 0 Å². The lowest BCUT2D eigenvalue weighted by molar-refractivity contribution is -0.122. The van der Waals surface area contributed by atoms with Crippen molar-refractivity contribution in [1.29, 1.82) is 0 Å². The van der Waals surface area contributed by atoms with Crippen molar-refractivity contribution >= 4 is 5.91 Å². The van der Waals surface area contributed by atoms with Crippen molar-refractivity contribution in [3.63, 3.8) is 0 Å². The fraction of sp³-hybridized carbons (Fsp3) is 0.500. The standard InChI is InChI=1S/C14H22N2O/c1-11(2)9-16-14(17)12(3)15-10-13-7-5-4-6-8-13/h4-8,11-12,15H,9-10H2,1-3H3,(H,16,17). The highest BCUT2D eigenvalue weighted by Gasteiger charge is 2.11. The van der Waals surface area contributed by atoms with Gasteiger partial charge in [-0.1, -0.05) is 44.2 Å². The average molecular weight is 234 g/mol. The first kappa shape index (κ1) is 13.7. The zero-order valence-electron chi connectivity index (χ0n) is 10.9. The summed E-state index contributed by atoms with van der Waals surface area (Å²) in [7, 11) is 0. The molecule has 0 radical (unpaired) electrons. The Kier molecular flexibility index (Phi) is 5.70. The van der Waals surface area contributed by atoms with Gasteiger partial charge in [0.05, 0.1) is 6.04 Å². The molecule has 0 aromatic heterocycles. The number of amides is 1. The van der Waals surface area contributed by atoms with Crippen molar-refractivity contribution < 1.29 is 4.79 Å². The Labute approximate surface area is 104 Å². The van der Waals surface area contributed by atoms with Gasteiger partial charge >= 0.3 is 0 Å². The van der Waals surface area contributed by atoms with Crippen molar-refractivity contribution in [2.75, 3.05) is 6.54 Å². The Morgan fingerprint density at radius 3 is 2.41 bits per heavy atom. The fourth-order valence-electron chi connectivity index (χ4n) is 1.42. The van der Waals surface area contributed by atoms with Gasteiger partial charge in [0.2, 0.25) is 5.91 Å². The first-order valence-electron chi connectivity index (χ1n) is 6.14. The van der Waals surface area contributed by atoms with Gasteiger partial charge in [-0.25, -0.2) is 0 Å². The molecule has 0 aliphatic carbocycles. The number of carbonyl (C=O) groups is 1. The molecule has 1 aromatic carbocycles. The highest BCUT2D eigenvalue weighted by molar-refractivity contribution is 5.81. The van der Waals surface area contributed by atoms with Crippen LogP contribution in [0.1, 0.15) is 26.3 Å². The molecular formula is C14H22N2O. The summed E-state index contributed by atoms with van der Waals surface area (Å²) in [5.74, 6) is 0.551. The van der Waals surface area contributed by atoms with Crippen molar-refractivity contribution in [1.82, 2.24) is 10.6 Å². The largest absolute Gasteiger partial charge is 0.354 e. The van der Waals surface area contributed by atoms with Gasteiger partial charge in [-0.3, -0.25) is 4.79 Å². The van der Waals surface area contributed by atoms with Gasteiger partial charge in [-0.15, -0.1) is 0 Å². The van der Waals surface area contributed by atoms with Gasteiger partial charge in [0.1, 0.15) is 0 Å². The summed E-state index contributed by atoms with van der Waals surface area (Å²) >= 11 is 0.